The summed E-state index contributed by atoms with van der Waals surface area (Å²) < 4.78 is 6.06. The van der Waals surface area contributed by atoms with Gasteiger partial charge in [-0.25, -0.2) is 0 Å². The number of nitrogens with zero attached hydrogens (tertiary/aromatic N) is 2. The second kappa shape index (κ2) is 13.6. The summed E-state index contributed by atoms with van der Waals surface area (Å²) in [6.07, 6.45) is 4.41. The van der Waals surface area contributed by atoms with E-state index in [2.05, 4.69) is 5.32 Å². The molecule has 3 amide bonds. The Hall–Kier alpha value is -3.95. The first-order valence-corrected chi connectivity index (χ1v) is 14.2. The maximum absolute atomic E-state index is 13.8. The SMILES string of the molecule is CC(C)N(CCNC(=O)C1C2CC=C(OCc3ccccc3)C=C2CCN1C(=O)c1ccccc1C(N)=O)C(C)O. The Kier molecular flexibility index (Phi) is 9.96. The topological polar surface area (TPSA) is 125 Å². The second-order valence-corrected chi connectivity index (χ2v) is 10.8. The molecule has 218 valence electrons. The van der Waals surface area contributed by atoms with Gasteiger partial charge in [-0.15, -0.1) is 0 Å². The Morgan fingerprint density at radius 1 is 1.07 bits per heavy atom. The molecule has 0 radical (unpaired) electrons. The Balaban J connectivity index is 1.55. The van der Waals surface area contributed by atoms with E-state index in [0.29, 0.717) is 39.1 Å². The van der Waals surface area contributed by atoms with Gasteiger partial charge in [0.2, 0.25) is 11.8 Å². The lowest BCUT2D eigenvalue weighted by Crippen LogP contribution is -2.57. The van der Waals surface area contributed by atoms with Crippen LogP contribution in [0.1, 0.15) is 59.9 Å². The zero-order valence-corrected chi connectivity index (χ0v) is 24.0. The fourth-order valence-electron chi connectivity index (χ4n) is 5.66. The van der Waals surface area contributed by atoms with Crippen molar-refractivity contribution in [2.24, 2.45) is 11.7 Å². The summed E-state index contributed by atoms with van der Waals surface area (Å²) in [5.41, 5.74) is 7.99. The van der Waals surface area contributed by atoms with Crippen LogP contribution in [0.25, 0.3) is 0 Å². The molecule has 3 atom stereocenters. The monoisotopic (exact) mass is 560 g/mol. The predicted octanol–water partition coefficient (Wildman–Crippen LogP) is 3.21. The molecule has 2 aromatic rings. The van der Waals surface area contributed by atoms with Crippen LogP contribution in [0.2, 0.25) is 0 Å². The number of ether oxygens (including phenoxy) is 1. The third kappa shape index (κ3) is 7.23. The number of hydrogen-bond donors (Lipinski definition) is 3. The first-order chi connectivity index (χ1) is 19.7. The number of carbonyl (C=O) groups excluding carboxylic acids is 3. The number of amides is 3. The number of likely N-dealkylation sites (tertiary alicyclic amines) is 1. The summed E-state index contributed by atoms with van der Waals surface area (Å²) in [5.74, 6) is -0.860. The van der Waals surface area contributed by atoms with Crippen molar-refractivity contribution in [2.45, 2.75) is 58.5 Å². The van der Waals surface area contributed by atoms with Crippen LogP contribution in [0.3, 0.4) is 0 Å². The number of carbonyl (C=O) groups is 3. The molecule has 1 saturated heterocycles. The highest BCUT2D eigenvalue weighted by Crippen LogP contribution is 2.37. The molecule has 1 aliphatic heterocycles. The molecule has 9 heteroatoms. The standard InChI is InChI=1S/C32H40N4O5/c1-21(2)35(22(3)37)18-16-34-31(39)29-26-14-13-25(41-20-23-9-5-4-6-10-23)19-24(26)15-17-36(29)32(40)28-12-8-7-11-27(28)30(33)38/h4-13,19,21-22,26,29,37H,14-18,20H2,1-3H3,(H2,33,38)(H,34,39). The molecule has 1 aliphatic carbocycles. The molecule has 2 aromatic carbocycles. The van der Waals surface area contributed by atoms with E-state index < -0.39 is 24.1 Å². The van der Waals surface area contributed by atoms with Crippen molar-refractivity contribution in [3.63, 3.8) is 0 Å². The molecule has 2 aliphatic rings. The largest absolute Gasteiger partial charge is 0.489 e. The second-order valence-electron chi connectivity index (χ2n) is 10.8. The molecule has 0 bridgehead atoms. The molecule has 1 fully saturated rings. The molecule has 4 rings (SSSR count). The van der Waals surface area contributed by atoms with Crippen molar-refractivity contribution < 1.29 is 24.2 Å². The van der Waals surface area contributed by atoms with Crippen molar-refractivity contribution >= 4 is 17.7 Å². The lowest BCUT2D eigenvalue weighted by atomic mass is 9.78. The molecule has 0 spiro atoms. The fraction of sp³-hybridized carbons (Fsp3) is 0.406. The molecular formula is C32H40N4O5. The third-order valence-electron chi connectivity index (χ3n) is 7.75. The highest BCUT2D eigenvalue weighted by atomic mass is 16.5. The van der Waals surface area contributed by atoms with Crippen LogP contribution < -0.4 is 11.1 Å². The van der Waals surface area contributed by atoms with Crippen LogP contribution in [0.4, 0.5) is 0 Å². The van der Waals surface area contributed by atoms with E-state index in [-0.39, 0.29) is 29.0 Å². The minimum Gasteiger partial charge on any atom is -0.489 e. The quantitative estimate of drug-likeness (QED) is 0.363. The van der Waals surface area contributed by atoms with Gasteiger partial charge in [0.05, 0.1) is 11.1 Å². The number of primary amides is 1. The Bertz CT molecular complexity index is 1300. The van der Waals surface area contributed by atoms with Gasteiger partial charge in [-0.2, -0.15) is 0 Å². The molecule has 0 saturated carbocycles. The summed E-state index contributed by atoms with van der Waals surface area (Å²) >= 11 is 0. The number of aliphatic hydroxyl groups is 1. The van der Waals surface area contributed by atoms with E-state index in [1.165, 1.54) is 6.07 Å². The van der Waals surface area contributed by atoms with Crippen LogP contribution >= 0.6 is 0 Å². The summed E-state index contributed by atoms with van der Waals surface area (Å²) in [7, 11) is 0. The highest BCUT2D eigenvalue weighted by Gasteiger charge is 2.43. The number of fused-ring (bicyclic) bond motifs is 1. The van der Waals surface area contributed by atoms with Crippen LogP contribution in [0.15, 0.2) is 78.1 Å². The minimum absolute atomic E-state index is 0.0947. The molecule has 41 heavy (non-hydrogen) atoms. The van der Waals surface area contributed by atoms with E-state index in [1.54, 1.807) is 30.0 Å². The molecule has 9 nitrogen and oxygen atoms in total. The van der Waals surface area contributed by atoms with Gasteiger partial charge in [-0.05, 0) is 63.5 Å². The summed E-state index contributed by atoms with van der Waals surface area (Å²) in [5, 5.41) is 13.1. The zero-order valence-electron chi connectivity index (χ0n) is 24.0. The predicted molar refractivity (Wildman–Crippen MR) is 156 cm³/mol. The number of hydrogen-bond acceptors (Lipinski definition) is 6. The van der Waals surface area contributed by atoms with Crippen LogP contribution in [0.5, 0.6) is 0 Å². The zero-order chi connectivity index (χ0) is 29.5. The minimum atomic E-state index is -0.783. The molecule has 1 heterocycles. The maximum atomic E-state index is 13.8. The number of benzene rings is 2. The molecule has 0 aromatic heterocycles. The van der Waals surface area contributed by atoms with Crippen molar-refractivity contribution in [3.8, 4) is 0 Å². The van der Waals surface area contributed by atoms with Crippen molar-refractivity contribution in [2.75, 3.05) is 19.6 Å². The average molecular weight is 561 g/mol. The Morgan fingerprint density at radius 2 is 1.76 bits per heavy atom. The van der Waals surface area contributed by atoms with Gasteiger partial charge in [-0.3, -0.25) is 19.3 Å². The lowest BCUT2D eigenvalue weighted by molar-refractivity contribution is -0.128. The van der Waals surface area contributed by atoms with Gasteiger partial charge in [-0.1, -0.05) is 48.0 Å². The first-order valence-electron chi connectivity index (χ1n) is 14.2. The van der Waals surface area contributed by atoms with Gasteiger partial charge in [0.25, 0.3) is 5.91 Å². The fourth-order valence-corrected chi connectivity index (χ4v) is 5.66. The van der Waals surface area contributed by atoms with Crippen molar-refractivity contribution in [1.29, 1.82) is 0 Å². The number of nitrogens with two attached hydrogens (primary N) is 1. The highest BCUT2D eigenvalue weighted by molar-refractivity contribution is 6.07. The number of rotatable bonds is 11. The van der Waals surface area contributed by atoms with E-state index in [0.717, 1.165) is 16.9 Å². The van der Waals surface area contributed by atoms with Gasteiger partial charge in [0, 0.05) is 31.6 Å². The third-order valence-corrected chi connectivity index (χ3v) is 7.75. The number of aliphatic hydroxyl groups excluding tert-OH is 1. The van der Waals surface area contributed by atoms with Gasteiger partial charge in [0.1, 0.15) is 24.6 Å². The molecular weight excluding hydrogens is 520 g/mol. The summed E-state index contributed by atoms with van der Waals surface area (Å²) in [4.78, 5) is 43.1. The van der Waals surface area contributed by atoms with E-state index in [9.17, 15) is 19.5 Å². The summed E-state index contributed by atoms with van der Waals surface area (Å²) in [6.45, 7) is 7.17. The van der Waals surface area contributed by atoms with Crippen LogP contribution in [-0.4, -0.2) is 70.6 Å². The molecule has 3 unspecified atom stereocenters. The van der Waals surface area contributed by atoms with Crippen molar-refractivity contribution in [3.05, 3.63) is 94.8 Å². The van der Waals surface area contributed by atoms with Gasteiger partial charge < -0.3 is 25.8 Å². The summed E-state index contributed by atoms with van der Waals surface area (Å²) in [6, 6.07) is 15.7. The van der Waals surface area contributed by atoms with Gasteiger partial charge in [0.15, 0.2) is 0 Å². The smallest absolute Gasteiger partial charge is 0.255 e. The first kappa shape index (κ1) is 30.0. The van der Waals surface area contributed by atoms with E-state index in [4.69, 9.17) is 10.5 Å². The average Bonchev–Trinajstić information content (AvgIpc) is 2.97. The van der Waals surface area contributed by atoms with E-state index in [1.807, 2.05) is 61.2 Å². The van der Waals surface area contributed by atoms with E-state index >= 15 is 0 Å². The number of allylic oxidation sites excluding steroid dienone is 2. The van der Waals surface area contributed by atoms with Crippen molar-refractivity contribution in [1.82, 2.24) is 15.1 Å². The number of piperidine rings is 1. The lowest BCUT2D eigenvalue weighted by Gasteiger charge is -2.43. The van der Waals surface area contributed by atoms with Crippen LogP contribution in [0, 0.1) is 5.92 Å². The molecule has 4 N–H and O–H groups in total. The maximum Gasteiger partial charge on any atom is 0.255 e. The Labute approximate surface area is 241 Å². The van der Waals surface area contributed by atoms with Gasteiger partial charge >= 0.3 is 0 Å². The number of nitrogens with one attached hydrogen (secondary N) is 1. The Morgan fingerprint density at radius 3 is 2.41 bits per heavy atom. The van der Waals surface area contributed by atoms with Crippen LogP contribution in [-0.2, 0) is 16.1 Å². The normalized spacial score (nSPS) is 19.2.